The lowest BCUT2D eigenvalue weighted by Gasteiger charge is -2.15. The third kappa shape index (κ3) is 3.18. The monoisotopic (exact) mass is 394 g/mol. The van der Waals surface area contributed by atoms with Crippen molar-refractivity contribution in [3.05, 3.63) is 35.1 Å². The van der Waals surface area contributed by atoms with Crippen LogP contribution >= 0.6 is 0 Å². The van der Waals surface area contributed by atoms with Gasteiger partial charge < -0.3 is 18.4 Å². The van der Waals surface area contributed by atoms with Crippen LogP contribution in [0.2, 0.25) is 0 Å². The van der Waals surface area contributed by atoms with Crippen LogP contribution in [-0.4, -0.2) is 33.8 Å². The zero-order chi connectivity index (χ0) is 19.1. The SMILES string of the molecule is COC(=O)C1=C(OS(=O)(=O)C(F)(F)F)CCC1c1ccc2c(c1)OCO2. The summed E-state index contributed by atoms with van der Waals surface area (Å²) in [5.74, 6) is -1.32. The molecule has 0 saturated heterocycles. The van der Waals surface area contributed by atoms with Crippen LogP contribution in [0, 0.1) is 0 Å². The first-order chi connectivity index (χ1) is 12.1. The summed E-state index contributed by atoms with van der Waals surface area (Å²) in [4.78, 5) is 12.1. The Morgan fingerprint density at radius 1 is 1.23 bits per heavy atom. The number of allylic oxidation sites excluding steroid dienone is 1. The third-order valence-corrected chi connectivity index (χ3v) is 4.99. The van der Waals surface area contributed by atoms with Gasteiger partial charge >= 0.3 is 21.6 Å². The van der Waals surface area contributed by atoms with Crippen LogP contribution in [0.15, 0.2) is 29.5 Å². The maximum atomic E-state index is 12.6. The molecule has 0 N–H and O–H groups in total. The van der Waals surface area contributed by atoms with E-state index in [0.29, 0.717) is 17.1 Å². The molecule has 1 aromatic carbocycles. The number of alkyl halides is 3. The zero-order valence-corrected chi connectivity index (χ0v) is 14.1. The Balaban J connectivity index is 1.99. The Morgan fingerprint density at radius 3 is 2.58 bits per heavy atom. The van der Waals surface area contributed by atoms with Crippen LogP contribution in [0.25, 0.3) is 0 Å². The normalized spacial score (nSPS) is 19.6. The molecule has 0 bridgehead atoms. The van der Waals surface area contributed by atoms with E-state index in [4.69, 9.17) is 9.47 Å². The summed E-state index contributed by atoms with van der Waals surface area (Å²) in [6, 6.07) is 4.79. The van der Waals surface area contributed by atoms with Crippen LogP contribution in [-0.2, 0) is 23.8 Å². The lowest BCUT2D eigenvalue weighted by Crippen LogP contribution is -2.26. The fourth-order valence-corrected chi connectivity index (χ4v) is 3.38. The number of fused-ring (bicyclic) bond motifs is 1. The van der Waals surface area contributed by atoms with E-state index in [1.165, 1.54) is 0 Å². The van der Waals surface area contributed by atoms with Crippen molar-refractivity contribution in [2.45, 2.75) is 24.3 Å². The van der Waals surface area contributed by atoms with E-state index in [2.05, 4.69) is 8.92 Å². The molecule has 0 saturated carbocycles. The minimum Gasteiger partial charge on any atom is -0.466 e. The Hall–Kier alpha value is -2.43. The molecule has 0 fully saturated rings. The van der Waals surface area contributed by atoms with Crippen molar-refractivity contribution in [2.75, 3.05) is 13.9 Å². The highest BCUT2D eigenvalue weighted by molar-refractivity contribution is 7.87. The van der Waals surface area contributed by atoms with Gasteiger partial charge in [0, 0.05) is 12.3 Å². The lowest BCUT2D eigenvalue weighted by atomic mass is 9.92. The number of carbonyl (C=O) groups is 1. The first kappa shape index (κ1) is 18.4. The largest absolute Gasteiger partial charge is 0.534 e. The second-order valence-corrected chi connectivity index (χ2v) is 7.05. The van der Waals surface area contributed by atoms with Crippen molar-refractivity contribution in [3.8, 4) is 11.5 Å². The standard InChI is InChI=1S/C15H13F3O7S/c1-22-14(19)13-9(8-2-4-10-12(6-8)24-7-23-10)3-5-11(13)25-26(20,21)15(16,17)18/h2,4,6,9H,3,5,7H2,1H3. The quantitative estimate of drug-likeness (QED) is 0.441. The molecule has 2 aliphatic rings. The molecule has 0 amide bonds. The van der Waals surface area contributed by atoms with Gasteiger partial charge in [0.15, 0.2) is 11.5 Å². The van der Waals surface area contributed by atoms with Crippen molar-refractivity contribution in [3.63, 3.8) is 0 Å². The van der Waals surface area contributed by atoms with Crippen LogP contribution < -0.4 is 9.47 Å². The molecular formula is C15H13F3O7S. The van der Waals surface area contributed by atoms with Crippen LogP contribution in [0.5, 0.6) is 11.5 Å². The van der Waals surface area contributed by atoms with Gasteiger partial charge in [0.1, 0.15) is 5.76 Å². The minimum absolute atomic E-state index is 0.0291. The van der Waals surface area contributed by atoms with Gasteiger partial charge in [-0.3, -0.25) is 0 Å². The van der Waals surface area contributed by atoms with Crippen molar-refractivity contribution in [1.29, 1.82) is 0 Å². The number of esters is 1. The Kier molecular flexibility index (Phi) is 4.51. The van der Waals surface area contributed by atoms with E-state index in [1.54, 1.807) is 18.2 Å². The molecule has 0 aromatic heterocycles. The number of hydrogen-bond acceptors (Lipinski definition) is 7. The van der Waals surface area contributed by atoms with Crippen molar-refractivity contribution in [1.82, 2.24) is 0 Å². The predicted octanol–water partition coefficient (Wildman–Crippen LogP) is 2.59. The lowest BCUT2D eigenvalue weighted by molar-refractivity contribution is -0.136. The summed E-state index contributed by atoms with van der Waals surface area (Å²) in [5, 5.41) is 0. The average molecular weight is 394 g/mol. The van der Waals surface area contributed by atoms with Crippen molar-refractivity contribution >= 4 is 16.1 Å². The molecule has 142 valence electrons. The number of hydrogen-bond donors (Lipinski definition) is 0. The fraction of sp³-hybridized carbons (Fsp3) is 0.400. The van der Waals surface area contributed by atoms with Gasteiger partial charge in [-0.25, -0.2) is 4.79 Å². The molecule has 26 heavy (non-hydrogen) atoms. The summed E-state index contributed by atoms with van der Waals surface area (Å²) in [7, 11) is -4.84. The number of halogens is 3. The number of benzene rings is 1. The molecule has 11 heteroatoms. The Morgan fingerprint density at radius 2 is 1.92 bits per heavy atom. The topological polar surface area (TPSA) is 88.1 Å². The van der Waals surface area contributed by atoms with E-state index < -0.39 is 33.3 Å². The summed E-state index contributed by atoms with van der Waals surface area (Å²) in [5.41, 5.74) is -5.32. The van der Waals surface area contributed by atoms with Gasteiger partial charge in [0.2, 0.25) is 6.79 Å². The summed E-state index contributed by atoms with van der Waals surface area (Å²) in [6.45, 7) is 0.0291. The summed E-state index contributed by atoms with van der Waals surface area (Å²) < 4.78 is 79.6. The molecule has 3 rings (SSSR count). The molecule has 1 aromatic rings. The molecule has 1 unspecified atom stereocenters. The second kappa shape index (κ2) is 6.38. The molecule has 1 heterocycles. The summed E-state index contributed by atoms with van der Waals surface area (Å²) >= 11 is 0. The molecule has 0 spiro atoms. The van der Waals surface area contributed by atoms with Crippen molar-refractivity contribution < 1.29 is 44.8 Å². The number of carbonyl (C=O) groups excluding carboxylic acids is 1. The van der Waals surface area contributed by atoms with E-state index in [1.807, 2.05) is 0 Å². The van der Waals surface area contributed by atoms with Crippen LogP contribution in [0.3, 0.4) is 0 Å². The van der Waals surface area contributed by atoms with Gasteiger partial charge in [-0.2, -0.15) is 21.6 Å². The van der Waals surface area contributed by atoms with E-state index >= 15 is 0 Å². The zero-order valence-electron chi connectivity index (χ0n) is 13.3. The molecule has 0 radical (unpaired) electrons. The smallest absolute Gasteiger partial charge is 0.466 e. The maximum Gasteiger partial charge on any atom is 0.534 e. The number of rotatable bonds is 4. The number of methoxy groups -OCH3 is 1. The highest BCUT2D eigenvalue weighted by Gasteiger charge is 2.50. The maximum absolute atomic E-state index is 12.6. The molecule has 1 aliphatic carbocycles. The highest BCUT2D eigenvalue weighted by Crippen LogP contribution is 2.45. The van der Waals surface area contributed by atoms with Gasteiger partial charge in [0.25, 0.3) is 0 Å². The first-order valence-corrected chi connectivity index (χ1v) is 8.76. The van der Waals surface area contributed by atoms with Gasteiger partial charge in [-0.05, 0) is 24.1 Å². The van der Waals surface area contributed by atoms with Crippen LogP contribution in [0.4, 0.5) is 13.2 Å². The molecular weight excluding hydrogens is 381 g/mol. The Labute approximate surface area is 146 Å². The van der Waals surface area contributed by atoms with Gasteiger partial charge in [-0.1, -0.05) is 6.07 Å². The second-order valence-electron chi connectivity index (χ2n) is 5.52. The fourth-order valence-electron chi connectivity index (χ4n) is 2.84. The Bertz CT molecular complexity index is 874. The van der Waals surface area contributed by atoms with E-state index in [9.17, 15) is 26.4 Å². The van der Waals surface area contributed by atoms with Crippen LogP contribution in [0.1, 0.15) is 24.3 Å². The van der Waals surface area contributed by atoms with E-state index in [0.717, 1.165) is 7.11 Å². The third-order valence-electron chi connectivity index (χ3n) is 4.01. The molecule has 1 aliphatic heterocycles. The van der Waals surface area contributed by atoms with Crippen molar-refractivity contribution in [2.24, 2.45) is 0 Å². The summed E-state index contributed by atoms with van der Waals surface area (Å²) in [6.07, 6.45) is 0.00559. The average Bonchev–Trinajstić information content (AvgIpc) is 3.18. The predicted molar refractivity (Wildman–Crippen MR) is 79.6 cm³/mol. The van der Waals surface area contributed by atoms with Gasteiger partial charge in [0.05, 0.1) is 12.7 Å². The minimum atomic E-state index is -5.88. The first-order valence-electron chi connectivity index (χ1n) is 7.35. The number of ether oxygens (including phenoxy) is 3. The molecule has 1 atom stereocenters. The van der Waals surface area contributed by atoms with Gasteiger partial charge in [-0.15, -0.1) is 0 Å². The highest BCUT2D eigenvalue weighted by atomic mass is 32.2. The molecule has 7 nitrogen and oxygen atoms in total. The van der Waals surface area contributed by atoms with E-state index in [-0.39, 0.29) is 25.2 Å².